The summed E-state index contributed by atoms with van der Waals surface area (Å²) in [5.74, 6) is 0.653. The van der Waals surface area contributed by atoms with E-state index in [1.165, 1.54) is 5.56 Å². The Morgan fingerprint density at radius 1 is 0.581 bits per heavy atom. The number of rotatable bonds is 13. The zero-order valence-electron chi connectivity index (χ0n) is 18.7. The van der Waals surface area contributed by atoms with E-state index in [2.05, 4.69) is 50.2 Å². The molecule has 3 aromatic carbocycles. The van der Waals surface area contributed by atoms with Gasteiger partial charge in [-0.15, -0.1) is 0 Å². The Morgan fingerprint density at radius 2 is 1.00 bits per heavy atom. The second-order valence-electron chi connectivity index (χ2n) is 8.20. The molecule has 0 radical (unpaired) electrons. The molecule has 0 aliphatic heterocycles. The molecule has 1 unspecified atom stereocenters. The molecule has 0 spiro atoms. The molecular weight excluding hydrogens is 384 g/mol. The van der Waals surface area contributed by atoms with E-state index in [1.807, 2.05) is 54.6 Å². The predicted molar refractivity (Wildman–Crippen MR) is 125 cm³/mol. The van der Waals surface area contributed by atoms with Crippen LogP contribution in [0.25, 0.3) is 0 Å². The third-order valence-corrected chi connectivity index (χ3v) is 5.43. The lowest BCUT2D eigenvalue weighted by atomic mass is 9.92. The lowest BCUT2D eigenvalue weighted by Crippen LogP contribution is -2.32. The smallest absolute Gasteiger partial charge is 0.161 e. The largest absolute Gasteiger partial charge is 0.377 e. The van der Waals surface area contributed by atoms with Crippen molar-refractivity contribution >= 4 is 0 Å². The number of hydrogen-bond donors (Lipinski definition) is 0. The first-order chi connectivity index (χ1) is 15.2. The molecule has 0 aliphatic carbocycles. The molecule has 0 saturated carbocycles. The van der Waals surface area contributed by atoms with Crippen LogP contribution >= 0.6 is 0 Å². The second-order valence-corrected chi connectivity index (χ2v) is 8.20. The summed E-state index contributed by atoms with van der Waals surface area (Å²) < 4.78 is 18.6. The van der Waals surface area contributed by atoms with Crippen molar-refractivity contribution in [2.24, 2.45) is 11.8 Å². The third-order valence-electron chi connectivity index (χ3n) is 5.43. The summed E-state index contributed by atoms with van der Waals surface area (Å²) in [5.41, 5.74) is 3.50. The van der Waals surface area contributed by atoms with Crippen molar-refractivity contribution in [3.05, 3.63) is 108 Å². The Labute approximate surface area is 187 Å². The van der Waals surface area contributed by atoms with Crippen LogP contribution in [0.5, 0.6) is 0 Å². The van der Waals surface area contributed by atoms with Crippen LogP contribution in [0.4, 0.5) is 0 Å². The lowest BCUT2D eigenvalue weighted by molar-refractivity contribution is -0.197. The Kier molecular flexibility index (Phi) is 9.78. The van der Waals surface area contributed by atoms with Crippen molar-refractivity contribution in [3.8, 4) is 0 Å². The summed E-state index contributed by atoms with van der Waals surface area (Å²) in [4.78, 5) is 0. The minimum atomic E-state index is -0.291. The fraction of sp³-hybridized carbons (Fsp3) is 0.357. The van der Waals surface area contributed by atoms with Crippen LogP contribution in [0.3, 0.4) is 0 Å². The van der Waals surface area contributed by atoms with E-state index in [9.17, 15) is 0 Å². The van der Waals surface area contributed by atoms with Crippen molar-refractivity contribution in [1.82, 2.24) is 0 Å². The predicted octanol–water partition coefficient (Wildman–Crippen LogP) is 6.63. The van der Waals surface area contributed by atoms with E-state index in [4.69, 9.17) is 14.2 Å². The van der Waals surface area contributed by atoms with Crippen LogP contribution in [0.1, 0.15) is 37.0 Å². The highest BCUT2D eigenvalue weighted by Crippen LogP contribution is 2.25. The van der Waals surface area contributed by atoms with Crippen LogP contribution in [0, 0.1) is 11.8 Å². The summed E-state index contributed by atoms with van der Waals surface area (Å²) in [6.45, 7) is 6.84. The van der Waals surface area contributed by atoms with Crippen LogP contribution in [0.2, 0.25) is 0 Å². The summed E-state index contributed by atoms with van der Waals surface area (Å²) in [6.07, 6.45) is 0.597. The zero-order valence-corrected chi connectivity index (χ0v) is 18.7. The first-order valence-corrected chi connectivity index (χ1v) is 11.1. The lowest BCUT2D eigenvalue weighted by Gasteiger charge is -2.30. The van der Waals surface area contributed by atoms with Gasteiger partial charge in [0.05, 0.1) is 19.8 Å². The number of benzene rings is 3. The highest BCUT2D eigenvalue weighted by Gasteiger charge is 2.26. The first kappa shape index (κ1) is 23.2. The van der Waals surface area contributed by atoms with Gasteiger partial charge in [0.15, 0.2) is 6.29 Å². The van der Waals surface area contributed by atoms with Gasteiger partial charge >= 0.3 is 0 Å². The van der Waals surface area contributed by atoms with E-state index in [0.29, 0.717) is 32.3 Å². The molecule has 0 saturated heterocycles. The molecule has 31 heavy (non-hydrogen) atoms. The SMILES string of the molecule is CC(C)C(CCOCc1ccccc1)C(OCc1ccccc1)OCc1ccccc1. The van der Waals surface area contributed by atoms with Gasteiger partial charge in [-0.1, -0.05) is 105 Å². The van der Waals surface area contributed by atoms with E-state index in [-0.39, 0.29) is 12.2 Å². The normalized spacial score (nSPS) is 12.4. The summed E-state index contributed by atoms with van der Waals surface area (Å²) in [6, 6.07) is 30.8. The fourth-order valence-electron chi connectivity index (χ4n) is 3.57. The van der Waals surface area contributed by atoms with Gasteiger partial charge in [-0.25, -0.2) is 0 Å². The van der Waals surface area contributed by atoms with E-state index in [0.717, 1.165) is 17.5 Å². The minimum absolute atomic E-state index is 0.239. The zero-order chi connectivity index (χ0) is 21.7. The van der Waals surface area contributed by atoms with E-state index in [1.54, 1.807) is 0 Å². The highest BCUT2D eigenvalue weighted by atomic mass is 16.7. The average molecular weight is 419 g/mol. The van der Waals surface area contributed by atoms with Gasteiger partial charge in [-0.3, -0.25) is 0 Å². The maximum absolute atomic E-state index is 6.31. The summed E-state index contributed by atoms with van der Waals surface area (Å²) >= 11 is 0. The van der Waals surface area contributed by atoms with Crippen molar-refractivity contribution in [1.29, 1.82) is 0 Å². The minimum Gasteiger partial charge on any atom is -0.377 e. The molecule has 0 aliphatic rings. The number of hydrogen-bond acceptors (Lipinski definition) is 3. The van der Waals surface area contributed by atoms with Crippen LogP contribution in [-0.2, 0) is 34.0 Å². The van der Waals surface area contributed by atoms with Crippen molar-refractivity contribution in [2.45, 2.75) is 46.4 Å². The Balaban J connectivity index is 1.59. The molecule has 0 heterocycles. The maximum atomic E-state index is 6.31. The van der Waals surface area contributed by atoms with Gasteiger partial charge in [0.1, 0.15) is 0 Å². The topological polar surface area (TPSA) is 27.7 Å². The number of ether oxygens (including phenoxy) is 3. The van der Waals surface area contributed by atoms with Gasteiger partial charge in [-0.05, 0) is 29.0 Å². The second kappa shape index (κ2) is 13.1. The summed E-state index contributed by atoms with van der Waals surface area (Å²) in [5, 5.41) is 0. The Hall–Kier alpha value is -2.46. The molecule has 0 fully saturated rings. The van der Waals surface area contributed by atoms with E-state index < -0.39 is 0 Å². The molecular formula is C28H34O3. The van der Waals surface area contributed by atoms with Gasteiger partial charge in [0.25, 0.3) is 0 Å². The van der Waals surface area contributed by atoms with Gasteiger partial charge in [-0.2, -0.15) is 0 Å². The molecule has 3 heteroatoms. The first-order valence-electron chi connectivity index (χ1n) is 11.1. The van der Waals surface area contributed by atoms with Crippen LogP contribution in [-0.4, -0.2) is 12.9 Å². The highest BCUT2D eigenvalue weighted by molar-refractivity contribution is 5.15. The third kappa shape index (κ3) is 8.29. The van der Waals surface area contributed by atoms with Gasteiger partial charge in [0.2, 0.25) is 0 Å². The van der Waals surface area contributed by atoms with Crippen LogP contribution in [0.15, 0.2) is 91.0 Å². The molecule has 0 N–H and O–H groups in total. The van der Waals surface area contributed by atoms with Crippen molar-refractivity contribution < 1.29 is 14.2 Å². The molecule has 0 bridgehead atoms. The van der Waals surface area contributed by atoms with Crippen molar-refractivity contribution in [3.63, 3.8) is 0 Å². The quantitative estimate of drug-likeness (QED) is 0.230. The monoisotopic (exact) mass is 418 g/mol. The molecule has 1 atom stereocenters. The molecule has 3 nitrogen and oxygen atoms in total. The Bertz CT molecular complexity index is 790. The standard InChI is InChI=1S/C28H34O3/c1-23(2)27(18-19-29-20-24-12-6-3-7-13-24)28(30-21-25-14-8-4-9-15-25)31-22-26-16-10-5-11-17-26/h3-17,23,27-28H,18-22H2,1-2H3. The molecule has 0 aromatic heterocycles. The fourth-order valence-corrected chi connectivity index (χ4v) is 3.57. The van der Waals surface area contributed by atoms with Crippen LogP contribution < -0.4 is 0 Å². The average Bonchev–Trinajstić information content (AvgIpc) is 2.81. The maximum Gasteiger partial charge on any atom is 0.161 e. The Morgan fingerprint density at radius 3 is 1.42 bits per heavy atom. The van der Waals surface area contributed by atoms with Gasteiger partial charge in [0, 0.05) is 12.5 Å². The molecule has 3 rings (SSSR count). The summed E-state index contributed by atoms with van der Waals surface area (Å²) in [7, 11) is 0. The molecule has 3 aromatic rings. The van der Waals surface area contributed by atoms with Gasteiger partial charge < -0.3 is 14.2 Å². The van der Waals surface area contributed by atoms with E-state index >= 15 is 0 Å². The molecule has 164 valence electrons. The molecule has 0 amide bonds. The van der Waals surface area contributed by atoms with Crippen molar-refractivity contribution in [2.75, 3.05) is 6.61 Å².